The Hall–Kier alpha value is -3.02. The molecule has 1 saturated carbocycles. The van der Waals surface area contributed by atoms with Crippen molar-refractivity contribution in [1.29, 1.82) is 0 Å². The third-order valence-electron chi connectivity index (χ3n) is 8.19. The number of carbonyl (C=O) groups excluding carboxylic acids is 2. The molecule has 2 aromatic carbocycles. The molecule has 1 heterocycles. The molecule has 0 radical (unpaired) electrons. The molecule has 0 unspecified atom stereocenters. The highest BCUT2D eigenvalue weighted by Crippen LogP contribution is 2.31. The van der Waals surface area contributed by atoms with Crippen LogP contribution in [0.2, 0.25) is 0 Å². The molecule has 4 rings (SSSR count). The van der Waals surface area contributed by atoms with Gasteiger partial charge in [-0.3, -0.25) is 9.59 Å². The van der Waals surface area contributed by atoms with Crippen molar-refractivity contribution in [3.05, 3.63) is 59.7 Å². The standard InChI is InChI=1S/C33H46N2O4/c1-3-23-34-24-13-5-4-6-14-25-35(32(36)22-21-26-15-7-10-18-29(26)38-2)28-17-9-12-20-31(28)39-30-19-11-8-16-27(30)33(34)37/h7-8,10-11,15-16,18-19,28,31H,3-6,9,12-14,17,20-25H2,1-2H3/t28-,31+/m1/s1. The lowest BCUT2D eigenvalue weighted by molar-refractivity contribution is -0.136. The zero-order valence-electron chi connectivity index (χ0n) is 23.9. The highest BCUT2D eigenvalue weighted by atomic mass is 16.5. The van der Waals surface area contributed by atoms with Gasteiger partial charge in [-0.25, -0.2) is 0 Å². The third-order valence-corrected chi connectivity index (χ3v) is 8.19. The predicted octanol–water partition coefficient (Wildman–Crippen LogP) is 6.66. The fourth-order valence-electron chi connectivity index (χ4n) is 6.12. The lowest BCUT2D eigenvalue weighted by atomic mass is 9.90. The number of ether oxygens (including phenoxy) is 2. The summed E-state index contributed by atoms with van der Waals surface area (Å²) in [4.78, 5) is 31.6. The molecule has 212 valence electrons. The van der Waals surface area contributed by atoms with Crippen molar-refractivity contribution in [3.63, 3.8) is 0 Å². The first-order chi connectivity index (χ1) is 19.1. The molecule has 39 heavy (non-hydrogen) atoms. The average Bonchev–Trinajstić information content (AvgIpc) is 2.97. The summed E-state index contributed by atoms with van der Waals surface area (Å²) in [6, 6.07) is 15.7. The number of nitrogens with zero attached hydrogens (tertiary/aromatic N) is 2. The Bertz CT molecular complexity index is 1070. The van der Waals surface area contributed by atoms with Gasteiger partial charge in [0.05, 0.1) is 18.7 Å². The van der Waals surface area contributed by atoms with Gasteiger partial charge in [-0.2, -0.15) is 0 Å². The molecule has 2 amide bonds. The van der Waals surface area contributed by atoms with Crippen molar-refractivity contribution in [2.75, 3.05) is 26.7 Å². The number of hydrogen-bond donors (Lipinski definition) is 0. The molecular weight excluding hydrogens is 488 g/mol. The zero-order chi connectivity index (χ0) is 27.5. The molecule has 6 heteroatoms. The number of fused-ring (bicyclic) bond motifs is 2. The van der Waals surface area contributed by atoms with Crippen LogP contribution in [0.5, 0.6) is 11.5 Å². The molecule has 1 fully saturated rings. The second kappa shape index (κ2) is 14.9. The fraction of sp³-hybridized carbons (Fsp3) is 0.576. The maximum absolute atomic E-state index is 13.8. The van der Waals surface area contributed by atoms with Crippen molar-refractivity contribution in [2.24, 2.45) is 0 Å². The number of rotatable bonds is 6. The van der Waals surface area contributed by atoms with E-state index >= 15 is 0 Å². The second-order valence-electron chi connectivity index (χ2n) is 11.0. The maximum atomic E-state index is 13.8. The van der Waals surface area contributed by atoms with Gasteiger partial charge in [0.25, 0.3) is 5.91 Å². The maximum Gasteiger partial charge on any atom is 0.257 e. The van der Waals surface area contributed by atoms with Gasteiger partial charge < -0.3 is 19.3 Å². The van der Waals surface area contributed by atoms with Gasteiger partial charge in [-0.15, -0.1) is 0 Å². The lowest BCUT2D eigenvalue weighted by Crippen LogP contribution is -2.51. The van der Waals surface area contributed by atoms with Gasteiger partial charge in [-0.1, -0.05) is 62.9 Å². The first-order valence-corrected chi connectivity index (χ1v) is 15.1. The highest BCUT2D eigenvalue weighted by molar-refractivity contribution is 5.97. The molecule has 6 nitrogen and oxygen atoms in total. The quantitative estimate of drug-likeness (QED) is 0.416. The Kier molecular flexibility index (Phi) is 11.1. The number of carbonyl (C=O) groups is 2. The summed E-state index contributed by atoms with van der Waals surface area (Å²) in [7, 11) is 1.68. The van der Waals surface area contributed by atoms with E-state index in [4.69, 9.17) is 9.47 Å². The van der Waals surface area contributed by atoms with Gasteiger partial charge in [0.2, 0.25) is 5.91 Å². The van der Waals surface area contributed by atoms with E-state index in [9.17, 15) is 9.59 Å². The summed E-state index contributed by atoms with van der Waals surface area (Å²) < 4.78 is 12.2. The Balaban J connectivity index is 1.58. The highest BCUT2D eigenvalue weighted by Gasteiger charge is 2.35. The number of hydrogen-bond acceptors (Lipinski definition) is 4. The van der Waals surface area contributed by atoms with Crippen LogP contribution in [0.1, 0.15) is 93.5 Å². The minimum Gasteiger partial charge on any atom is -0.496 e. The van der Waals surface area contributed by atoms with E-state index in [0.29, 0.717) is 24.2 Å². The van der Waals surface area contributed by atoms with Crippen LogP contribution in [0.4, 0.5) is 0 Å². The Morgan fingerprint density at radius 2 is 1.64 bits per heavy atom. The molecule has 1 aliphatic heterocycles. The second-order valence-corrected chi connectivity index (χ2v) is 11.0. The van der Waals surface area contributed by atoms with E-state index in [-0.39, 0.29) is 24.0 Å². The van der Waals surface area contributed by atoms with Gasteiger partial charge in [0, 0.05) is 26.1 Å². The largest absolute Gasteiger partial charge is 0.496 e. The predicted molar refractivity (Wildman–Crippen MR) is 155 cm³/mol. The Morgan fingerprint density at radius 3 is 2.46 bits per heavy atom. The number of methoxy groups -OCH3 is 1. The molecule has 2 aromatic rings. The molecule has 0 bridgehead atoms. The minimum atomic E-state index is -0.118. The molecule has 2 aliphatic rings. The van der Waals surface area contributed by atoms with Crippen LogP contribution in [0.3, 0.4) is 0 Å². The van der Waals surface area contributed by atoms with E-state index in [1.165, 1.54) is 0 Å². The van der Waals surface area contributed by atoms with Gasteiger partial charge >= 0.3 is 0 Å². The van der Waals surface area contributed by atoms with E-state index in [1.54, 1.807) is 7.11 Å². The summed E-state index contributed by atoms with van der Waals surface area (Å²) in [6.07, 6.45) is 11.2. The SMILES string of the molecule is CCCN1CCCCCCCN(C(=O)CCc2ccccc2OC)[C@@H]2CCCC[C@@H]2Oc2ccccc2C1=O. The van der Waals surface area contributed by atoms with Crippen LogP contribution < -0.4 is 9.47 Å². The summed E-state index contributed by atoms with van der Waals surface area (Å²) in [6.45, 7) is 4.42. The number of aryl methyl sites for hydroxylation is 1. The van der Waals surface area contributed by atoms with Crippen LogP contribution in [0, 0.1) is 0 Å². The topological polar surface area (TPSA) is 59.1 Å². The number of benzene rings is 2. The van der Waals surface area contributed by atoms with Crippen molar-refractivity contribution in [2.45, 2.75) is 96.1 Å². The number of para-hydroxylation sites is 2. The van der Waals surface area contributed by atoms with E-state index < -0.39 is 0 Å². The number of amides is 2. The van der Waals surface area contributed by atoms with Crippen LogP contribution in [-0.2, 0) is 11.2 Å². The summed E-state index contributed by atoms with van der Waals surface area (Å²) >= 11 is 0. The van der Waals surface area contributed by atoms with Crippen LogP contribution in [0.25, 0.3) is 0 Å². The molecule has 0 saturated heterocycles. The summed E-state index contributed by atoms with van der Waals surface area (Å²) in [5, 5.41) is 0. The average molecular weight is 535 g/mol. The van der Waals surface area contributed by atoms with Crippen LogP contribution >= 0.6 is 0 Å². The molecule has 0 N–H and O–H groups in total. The lowest BCUT2D eigenvalue weighted by Gasteiger charge is -2.40. The Labute approximate surface area is 234 Å². The van der Waals surface area contributed by atoms with Gasteiger partial charge in [-0.05, 0) is 68.7 Å². The summed E-state index contributed by atoms with van der Waals surface area (Å²) in [5.41, 5.74) is 1.70. The molecule has 1 aliphatic carbocycles. The van der Waals surface area contributed by atoms with Crippen molar-refractivity contribution in [1.82, 2.24) is 9.80 Å². The van der Waals surface area contributed by atoms with Crippen LogP contribution in [-0.4, -0.2) is 60.5 Å². The third kappa shape index (κ3) is 7.77. The molecule has 0 aromatic heterocycles. The van der Waals surface area contributed by atoms with E-state index in [0.717, 1.165) is 95.2 Å². The van der Waals surface area contributed by atoms with E-state index in [2.05, 4.69) is 11.8 Å². The monoisotopic (exact) mass is 534 g/mol. The zero-order valence-corrected chi connectivity index (χ0v) is 23.9. The molecule has 0 spiro atoms. The molecular formula is C33H46N2O4. The van der Waals surface area contributed by atoms with Crippen molar-refractivity contribution < 1.29 is 19.1 Å². The Morgan fingerprint density at radius 1 is 0.923 bits per heavy atom. The minimum absolute atomic E-state index is 0.0175. The van der Waals surface area contributed by atoms with Crippen molar-refractivity contribution in [3.8, 4) is 11.5 Å². The first-order valence-electron chi connectivity index (χ1n) is 15.1. The van der Waals surface area contributed by atoms with Crippen molar-refractivity contribution >= 4 is 11.8 Å². The summed E-state index contributed by atoms with van der Waals surface area (Å²) in [5.74, 6) is 1.72. The van der Waals surface area contributed by atoms with Gasteiger partial charge in [0.1, 0.15) is 17.6 Å². The fourth-order valence-corrected chi connectivity index (χ4v) is 6.12. The van der Waals surface area contributed by atoms with Gasteiger partial charge in [0.15, 0.2) is 0 Å². The molecule has 2 atom stereocenters. The van der Waals surface area contributed by atoms with E-state index in [1.807, 2.05) is 53.4 Å². The first kappa shape index (κ1) is 29.0. The van der Waals surface area contributed by atoms with Crippen LogP contribution in [0.15, 0.2) is 48.5 Å². The smallest absolute Gasteiger partial charge is 0.257 e. The normalized spacial score (nSPS) is 21.1.